The first-order chi connectivity index (χ1) is 7.58. The van der Waals surface area contributed by atoms with Gasteiger partial charge in [0, 0.05) is 6.54 Å². The van der Waals surface area contributed by atoms with Crippen LogP contribution in [-0.4, -0.2) is 18.6 Å². The molecule has 1 aromatic heterocycles. The first-order valence-corrected chi connectivity index (χ1v) is 5.22. The summed E-state index contributed by atoms with van der Waals surface area (Å²) in [5.41, 5.74) is 6.92. The van der Waals surface area contributed by atoms with Crippen LogP contribution in [0, 0.1) is 0 Å². The molecule has 0 unspecified atom stereocenters. The molecule has 86 valence electrons. The molecule has 0 bridgehead atoms. The Kier molecular flexibility index (Phi) is 2.59. The standard InChI is InChI=1S/C12H16N2O2/c1-12(2,7-13)11-14-10-8(15-3)5-4-6-9(10)16-11/h4-6H,7,13H2,1-3H3. The van der Waals surface area contributed by atoms with Crippen LogP contribution in [0.3, 0.4) is 0 Å². The predicted molar refractivity (Wildman–Crippen MR) is 62.6 cm³/mol. The fraction of sp³-hybridized carbons (Fsp3) is 0.417. The van der Waals surface area contributed by atoms with Crippen molar-refractivity contribution in [1.29, 1.82) is 0 Å². The van der Waals surface area contributed by atoms with Gasteiger partial charge in [-0.3, -0.25) is 0 Å². The van der Waals surface area contributed by atoms with Gasteiger partial charge in [-0.25, -0.2) is 4.98 Å². The van der Waals surface area contributed by atoms with Gasteiger partial charge < -0.3 is 14.9 Å². The third-order valence-electron chi connectivity index (χ3n) is 2.69. The average Bonchev–Trinajstić information content (AvgIpc) is 2.73. The number of para-hydroxylation sites is 1. The average molecular weight is 220 g/mol. The van der Waals surface area contributed by atoms with Crippen molar-refractivity contribution >= 4 is 11.1 Å². The summed E-state index contributed by atoms with van der Waals surface area (Å²) in [7, 11) is 1.62. The molecular weight excluding hydrogens is 204 g/mol. The molecule has 0 saturated carbocycles. The molecule has 1 heterocycles. The highest BCUT2D eigenvalue weighted by atomic mass is 16.5. The van der Waals surface area contributed by atoms with E-state index in [1.807, 2.05) is 32.0 Å². The Morgan fingerprint density at radius 3 is 2.81 bits per heavy atom. The van der Waals surface area contributed by atoms with Crippen molar-refractivity contribution in [2.45, 2.75) is 19.3 Å². The van der Waals surface area contributed by atoms with E-state index in [-0.39, 0.29) is 5.41 Å². The normalized spacial score (nSPS) is 12.0. The molecule has 0 aliphatic heterocycles. The number of ether oxygens (including phenoxy) is 1. The van der Waals surface area contributed by atoms with Crippen LogP contribution in [0.4, 0.5) is 0 Å². The molecule has 0 atom stereocenters. The fourth-order valence-corrected chi connectivity index (χ4v) is 1.46. The van der Waals surface area contributed by atoms with Gasteiger partial charge in [0.1, 0.15) is 5.75 Å². The van der Waals surface area contributed by atoms with Gasteiger partial charge in [0.2, 0.25) is 5.89 Å². The summed E-state index contributed by atoms with van der Waals surface area (Å²) >= 11 is 0. The van der Waals surface area contributed by atoms with Gasteiger partial charge in [0.25, 0.3) is 0 Å². The Morgan fingerprint density at radius 1 is 1.44 bits per heavy atom. The first kappa shape index (κ1) is 11.0. The van der Waals surface area contributed by atoms with E-state index in [4.69, 9.17) is 14.9 Å². The summed E-state index contributed by atoms with van der Waals surface area (Å²) in [6.07, 6.45) is 0. The summed E-state index contributed by atoms with van der Waals surface area (Å²) in [5.74, 6) is 1.37. The Labute approximate surface area is 94.4 Å². The second-order valence-corrected chi connectivity index (χ2v) is 4.41. The van der Waals surface area contributed by atoms with Gasteiger partial charge in [-0.1, -0.05) is 6.07 Å². The van der Waals surface area contributed by atoms with Crippen LogP contribution in [0.15, 0.2) is 22.6 Å². The van der Waals surface area contributed by atoms with Crippen molar-refractivity contribution in [2.24, 2.45) is 5.73 Å². The lowest BCUT2D eigenvalue weighted by atomic mass is 9.94. The largest absolute Gasteiger partial charge is 0.494 e. The first-order valence-electron chi connectivity index (χ1n) is 5.22. The van der Waals surface area contributed by atoms with E-state index >= 15 is 0 Å². The van der Waals surface area contributed by atoms with Crippen LogP contribution < -0.4 is 10.5 Å². The van der Waals surface area contributed by atoms with Gasteiger partial charge in [0.15, 0.2) is 11.1 Å². The lowest BCUT2D eigenvalue weighted by Gasteiger charge is -2.16. The minimum absolute atomic E-state index is 0.260. The van der Waals surface area contributed by atoms with E-state index in [1.165, 1.54) is 0 Å². The van der Waals surface area contributed by atoms with Gasteiger partial charge in [-0.2, -0.15) is 0 Å². The molecule has 0 aliphatic carbocycles. The second-order valence-electron chi connectivity index (χ2n) is 4.41. The Hall–Kier alpha value is -1.55. The lowest BCUT2D eigenvalue weighted by Crippen LogP contribution is -2.28. The van der Waals surface area contributed by atoms with E-state index < -0.39 is 0 Å². The van der Waals surface area contributed by atoms with Gasteiger partial charge >= 0.3 is 0 Å². The number of benzene rings is 1. The van der Waals surface area contributed by atoms with Crippen LogP contribution >= 0.6 is 0 Å². The molecule has 2 rings (SSSR count). The van der Waals surface area contributed by atoms with Crippen LogP contribution in [0.2, 0.25) is 0 Å². The zero-order valence-corrected chi connectivity index (χ0v) is 9.78. The fourth-order valence-electron chi connectivity index (χ4n) is 1.46. The van der Waals surface area contributed by atoms with Gasteiger partial charge in [-0.15, -0.1) is 0 Å². The molecule has 0 spiro atoms. The third kappa shape index (κ3) is 1.65. The quantitative estimate of drug-likeness (QED) is 0.860. The number of nitrogens with zero attached hydrogens (tertiary/aromatic N) is 1. The van der Waals surface area contributed by atoms with Crippen molar-refractivity contribution < 1.29 is 9.15 Å². The summed E-state index contributed by atoms with van der Waals surface area (Å²) in [5, 5.41) is 0. The number of oxazole rings is 1. The van der Waals surface area contributed by atoms with Crippen molar-refractivity contribution in [3.05, 3.63) is 24.1 Å². The van der Waals surface area contributed by atoms with Crippen LogP contribution in [0.25, 0.3) is 11.1 Å². The Bertz CT molecular complexity index is 503. The molecular formula is C12H16N2O2. The van der Waals surface area contributed by atoms with Crippen molar-refractivity contribution in [3.8, 4) is 5.75 Å². The number of aromatic nitrogens is 1. The molecule has 0 radical (unpaired) electrons. The van der Waals surface area contributed by atoms with Gasteiger partial charge in [-0.05, 0) is 26.0 Å². The van der Waals surface area contributed by atoms with E-state index in [0.29, 0.717) is 12.4 Å². The zero-order valence-electron chi connectivity index (χ0n) is 9.78. The maximum atomic E-state index is 5.70. The Morgan fingerprint density at radius 2 is 2.19 bits per heavy atom. The molecule has 0 aliphatic rings. The van der Waals surface area contributed by atoms with Crippen molar-refractivity contribution in [1.82, 2.24) is 4.98 Å². The monoisotopic (exact) mass is 220 g/mol. The SMILES string of the molecule is COc1cccc2oc(C(C)(C)CN)nc12. The summed E-state index contributed by atoms with van der Waals surface area (Å²) in [6.45, 7) is 4.50. The highest BCUT2D eigenvalue weighted by Crippen LogP contribution is 2.30. The van der Waals surface area contributed by atoms with Crippen LogP contribution in [0.1, 0.15) is 19.7 Å². The molecule has 4 heteroatoms. The highest BCUT2D eigenvalue weighted by Gasteiger charge is 2.25. The van der Waals surface area contributed by atoms with E-state index in [2.05, 4.69) is 4.98 Å². The molecule has 0 saturated heterocycles. The minimum atomic E-state index is -0.260. The molecule has 2 N–H and O–H groups in total. The van der Waals surface area contributed by atoms with E-state index in [1.54, 1.807) is 7.11 Å². The van der Waals surface area contributed by atoms with E-state index in [0.717, 1.165) is 16.8 Å². The second kappa shape index (κ2) is 3.79. The molecule has 16 heavy (non-hydrogen) atoms. The molecule has 2 aromatic rings. The van der Waals surface area contributed by atoms with E-state index in [9.17, 15) is 0 Å². The maximum absolute atomic E-state index is 5.70. The Balaban J connectivity index is 2.60. The molecule has 0 amide bonds. The summed E-state index contributed by atoms with van der Waals surface area (Å²) in [6, 6.07) is 5.62. The number of hydrogen-bond acceptors (Lipinski definition) is 4. The van der Waals surface area contributed by atoms with Crippen LogP contribution in [-0.2, 0) is 5.41 Å². The van der Waals surface area contributed by atoms with Crippen molar-refractivity contribution in [3.63, 3.8) is 0 Å². The predicted octanol–water partition coefficient (Wildman–Crippen LogP) is 2.07. The summed E-state index contributed by atoms with van der Waals surface area (Å²) in [4.78, 5) is 4.45. The highest BCUT2D eigenvalue weighted by molar-refractivity contribution is 5.79. The number of fused-ring (bicyclic) bond motifs is 1. The number of rotatable bonds is 3. The zero-order chi connectivity index (χ0) is 11.8. The van der Waals surface area contributed by atoms with Crippen molar-refractivity contribution in [2.75, 3.05) is 13.7 Å². The minimum Gasteiger partial charge on any atom is -0.494 e. The van der Waals surface area contributed by atoms with Crippen LogP contribution in [0.5, 0.6) is 5.75 Å². The topological polar surface area (TPSA) is 61.3 Å². The number of nitrogens with two attached hydrogens (primary N) is 1. The molecule has 4 nitrogen and oxygen atoms in total. The third-order valence-corrected chi connectivity index (χ3v) is 2.69. The smallest absolute Gasteiger partial charge is 0.202 e. The molecule has 1 aromatic carbocycles. The van der Waals surface area contributed by atoms with Gasteiger partial charge in [0.05, 0.1) is 12.5 Å². The summed E-state index contributed by atoms with van der Waals surface area (Å²) < 4.78 is 10.9. The number of methoxy groups -OCH3 is 1. The lowest BCUT2D eigenvalue weighted by molar-refractivity contribution is 0.391. The number of hydrogen-bond donors (Lipinski definition) is 1. The maximum Gasteiger partial charge on any atom is 0.202 e. The molecule has 0 fully saturated rings.